The highest BCUT2D eigenvalue weighted by Gasteiger charge is 2.28. The third-order valence-electron chi connectivity index (χ3n) is 3.72. The summed E-state index contributed by atoms with van der Waals surface area (Å²) in [6.07, 6.45) is 0.607. The maximum Gasteiger partial charge on any atom is 0.313 e. The number of aryl methyl sites for hydroxylation is 1. The van der Waals surface area contributed by atoms with Crippen LogP contribution in [0.4, 0.5) is 11.4 Å². The van der Waals surface area contributed by atoms with E-state index in [1.807, 2.05) is 13.8 Å². The highest BCUT2D eigenvalue weighted by atomic mass is 32.2. The second-order valence-electron chi connectivity index (χ2n) is 6.30. The summed E-state index contributed by atoms with van der Waals surface area (Å²) < 4.78 is 25.3. The predicted octanol–water partition coefficient (Wildman–Crippen LogP) is 1.25. The molecule has 1 aromatic rings. The number of nitrogens with one attached hydrogen (secondary N) is 2. The van der Waals surface area contributed by atoms with Crippen LogP contribution < -0.4 is 14.9 Å². The van der Waals surface area contributed by atoms with E-state index in [4.69, 9.17) is 0 Å². The van der Waals surface area contributed by atoms with Gasteiger partial charge in [-0.2, -0.15) is 0 Å². The minimum Gasteiger partial charge on any atom is -0.348 e. The van der Waals surface area contributed by atoms with E-state index < -0.39 is 21.8 Å². The van der Waals surface area contributed by atoms with E-state index in [1.165, 1.54) is 4.31 Å². The lowest BCUT2D eigenvalue weighted by Gasteiger charge is -2.18. The molecule has 7 nitrogen and oxygen atoms in total. The number of rotatable bonds is 4. The van der Waals surface area contributed by atoms with Gasteiger partial charge in [0.15, 0.2) is 0 Å². The quantitative estimate of drug-likeness (QED) is 0.796. The number of anilines is 2. The van der Waals surface area contributed by atoms with Crippen LogP contribution in [0.15, 0.2) is 18.2 Å². The van der Waals surface area contributed by atoms with Crippen molar-refractivity contribution in [2.24, 2.45) is 5.92 Å². The van der Waals surface area contributed by atoms with Gasteiger partial charge < -0.3 is 10.6 Å². The first-order valence-corrected chi connectivity index (χ1v) is 9.52. The van der Waals surface area contributed by atoms with Crippen LogP contribution in [-0.2, 0) is 19.6 Å². The normalized spacial score (nSPS) is 16.2. The number of sulfonamides is 1. The molecule has 2 N–H and O–H groups in total. The summed E-state index contributed by atoms with van der Waals surface area (Å²) in [7, 11) is -3.24. The van der Waals surface area contributed by atoms with Gasteiger partial charge >= 0.3 is 11.8 Å². The SMILES string of the molecule is Cc1cc(N2CCCS2(=O)=O)ccc1NC(=O)C(=O)NCC(C)C. The van der Waals surface area contributed by atoms with Crippen LogP contribution >= 0.6 is 0 Å². The summed E-state index contributed by atoms with van der Waals surface area (Å²) in [5, 5.41) is 5.10. The topological polar surface area (TPSA) is 95.6 Å². The zero-order valence-corrected chi connectivity index (χ0v) is 14.9. The van der Waals surface area contributed by atoms with Crippen LogP contribution in [0, 0.1) is 12.8 Å². The molecular weight excluding hydrogens is 330 g/mol. The predicted molar refractivity (Wildman–Crippen MR) is 93.4 cm³/mol. The highest BCUT2D eigenvalue weighted by Crippen LogP contribution is 2.27. The molecular formula is C16H23N3O4S. The summed E-state index contributed by atoms with van der Waals surface area (Å²) >= 11 is 0. The Bertz CT molecular complexity index is 744. The van der Waals surface area contributed by atoms with E-state index in [9.17, 15) is 18.0 Å². The van der Waals surface area contributed by atoms with Crippen LogP contribution in [0.1, 0.15) is 25.8 Å². The molecule has 1 aromatic carbocycles. The van der Waals surface area contributed by atoms with Crippen LogP contribution in [0.5, 0.6) is 0 Å². The lowest BCUT2D eigenvalue weighted by atomic mass is 10.1. The number of hydrogen-bond donors (Lipinski definition) is 2. The first-order chi connectivity index (χ1) is 11.2. The largest absolute Gasteiger partial charge is 0.348 e. The molecule has 1 saturated heterocycles. The Morgan fingerprint density at radius 3 is 2.50 bits per heavy atom. The molecule has 132 valence electrons. The van der Waals surface area contributed by atoms with E-state index in [0.717, 1.165) is 0 Å². The smallest absolute Gasteiger partial charge is 0.313 e. The standard InChI is InChI=1S/C16H23N3O4S/c1-11(2)10-17-15(20)16(21)18-14-6-5-13(9-12(14)3)19-7-4-8-24(19,22)23/h5-6,9,11H,4,7-8,10H2,1-3H3,(H,17,20)(H,18,21). The van der Waals surface area contributed by atoms with Crippen molar-refractivity contribution in [1.29, 1.82) is 0 Å². The van der Waals surface area contributed by atoms with E-state index >= 15 is 0 Å². The van der Waals surface area contributed by atoms with Gasteiger partial charge in [0, 0.05) is 18.8 Å². The fraction of sp³-hybridized carbons (Fsp3) is 0.500. The third kappa shape index (κ3) is 4.25. The number of benzene rings is 1. The Balaban J connectivity index is 2.08. The van der Waals surface area contributed by atoms with Crippen molar-refractivity contribution in [3.63, 3.8) is 0 Å². The number of hydrogen-bond acceptors (Lipinski definition) is 4. The van der Waals surface area contributed by atoms with Crippen molar-refractivity contribution >= 4 is 33.2 Å². The van der Waals surface area contributed by atoms with Gasteiger partial charge in [0.25, 0.3) is 0 Å². The molecule has 1 aliphatic heterocycles. The molecule has 0 aliphatic carbocycles. The van der Waals surface area contributed by atoms with Gasteiger partial charge in [0.1, 0.15) is 0 Å². The molecule has 0 spiro atoms. The number of nitrogens with zero attached hydrogens (tertiary/aromatic N) is 1. The fourth-order valence-corrected chi connectivity index (χ4v) is 3.99. The molecule has 8 heteroatoms. The Morgan fingerprint density at radius 1 is 1.25 bits per heavy atom. The van der Waals surface area contributed by atoms with Crippen molar-refractivity contribution in [3.8, 4) is 0 Å². The molecule has 2 rings (SSSR count). The summed E-state index contributed by atoms with van der Waals surface area (Å²) in [6.45, 7) is 6.52. The summed E-state index contributed by atoms with van der Waals surface area (Å²) in [5.41, 5.74) is 1.76. The minimum absolute atomic E-state index is 0.153. The second kappa shape index (κ2) is 7.21. The molecule has 0 radical (unpaired) electrons. The summed E-state index contributed by atoms with van der Waals surface area (Å²) in [5.74, 6) is -1.01. The van der Waals surface area contributed by atoms with Gasteiger partial charge in [-0.15, -0.1) is 0 Å². The van der Waals surface area contributed by atoms with Crippen LogP contribution in [0.2, 0.25) is 0 Å². The van der Waals surface area contributed by atoms with Crippen LogP contribution in [0.25, 0.3) is 0 Å². The second-order valence-corrected chi connectivity index (χ2v) is 8.31. The van der Waals surface area contributed by atoms with Gasteiger partial charge in [-0.3, -0.25) is 13.9 Å². The minimum atomic E-state index is -3.24. The summed E-state index contributed by atoms with van der Waals surface area (Å²) in [6, 6.07) is 4.95. The summed E-state index contributed by atoms with van der Waals surface area (Å²) in [4.78, 5) is 23.6. The first-order valence-electron chi connectivity index (χ1n) is 7.91. The maximum absolute atomic E-state index is 12.0. The highest BCUT2D eigenvalue weighted by molar-refractivity contribution is 7.93. The Morgan fingerprint density at radius 2 is 1.96 bits per heavy atom. The monoisotopic (exact) mass is 353 g/mol. The van der Waals surface area contributed by atoms with Crippen molar-refractivity contribution < 1.29 is 18.0 Å². The molecule has 1 aliphatic rings. The van der Waals surface area contributed by atoms with Crippen molar-refractivity contribution in [2.75, 3.05) is 28.5 Å². The van der Waals surface area contributed by atoms with Crippen molar-refractivity contribution in [1.82, 2.24) is 5.32 Å². The van der Waals surface area contributed by atoms with Gasteiger partial charge in [-0.1, -0.05) is 13.8 Å². The van der Waals surface area contributed by atoms with Gasteiger partial charge in [-0.25, -0.2) is 8.42 Å². The van der Waals surface area contributed by atoms with E-state index in [2.05, 4.69) is 10.6 Å². The number of amides is 2. The van der Waals surface area contributed by atoms with Crippen LogP contribution in [0.3, 0.4) is 0 Å². The lowest BCUT2D eigenvalue weighted by molar-refractivity contribution is -0.136. The maximum atomic E-state index is 12.0. The Labute approximate surface area is 142 Å². The number of carbonyl (C=O) groups excluding carboxylic acids is 2. The van der Waals surface area contributed by atoms with E-state index in [0.29, 0.717) is 36.4 Å². The zero-order valence-electron chi connectivity index (χ0n) is 14.1. The fourth-order valence-electron chi connectivity index (χ4n) is 2.43. The van der Waals surface area contributed by atoms with Crippen molar-refractivity contribution in [2.45, 2.75) is 27.2 Å². The molecule has 1 heterocycles. The van der Waals surface area contributed by atoms with Gasteiger partial charge in [-0.05, 0) is 43.0 Å². The molecule has 0 atom stereocenters. The molecule has 0 aromatic heterocycles. The first kappa shape index (κ1) is 18.3. The van der Waals surface area contributed by atoms with Gasteiger partial charge in [0.2, 0.25) is 10.0 Å². The molecule has 24 heavy (non-hydrogen) atoms. The Kier molecular flexibility index (Phi) is 5.48. The lowest BCUT2D eigenvalue weighted by Crippen LogP contribution is -2.37. The molecule has 0 bridgehead atoms. The van der Waals surface area contributed by atoms with E-state index in [-0.39, 0.29) is 11.7 Å². The molecule has 0 unspecified atom stereocenters. The molecule has 0 saturated carbocycles. The Hall–Kier alpha value is -2.09. The average molecular weight is 353 g/mol. The number of carbonyl (C=O) groups is 2. The molecule has 1 fully saturated rings. The molecule has 2 amide bonds. The average Bonchev–Trinajstić information content (AvgIpc) is 2.86. The van der Waals surface area contributed by atoms with Crippen molar-refractivity contribution in [3.05, 3.63) is 23.8 Å². The van der Waals surface area contributed by atoms with Gasteiger partial charge in [0.05, 0.1) is 11.4 Å². The van der Waals surface area contributed by atoms with E-state index in [1.54, 1.807) is 25.1 Å². The zero-order chi connectivity index (χ0) is 17.9. The van der Waals surface area contributed by atoms with Crippen LogP contribution in [-0.4, -0.2) is 39.1 Å². The third-order valence-corrected chi connectivity index (χ3v) is 5.59.